The van der Waals surface area contributed by atoms with E-state index in [9.17, 15) is 9.59 Å². The Morgan fingerprint density at radius 3 is 2.77 bits per heavy atom. The molecule has 0 spiro atoms. The van der Waals surface area contributed by atoms with Crippen LogP contribution in [0, 0.1) is 0 Å². The molecule has 2 aromatic rings. The quantitative estimate of drug-likeness (QED) is 0.875. The summed E-state index contributed by atoms with van der Waals surface area (Å²) < 4.78 is 1.56. The molecule has 1 aromatic carbocycles. The van der Waals surface area contributed by atoms with Crippen LogP contribution < -0.4 is 5.32 Å². The summed E-state index contributed by atoms with van der Waals surface area (Å²) in [7, 11) is 0. The third kappa shape index (κ3) is 3.24. The summed E-state index contributed by atoms with van der Waals surface area (Å²) in [6, 6.07) is 7.49. The molecule has 3 rings (SSSR count). The molecule has 0 saturated carbocycles. The summed E-state index contributed by atoms with van der Waals surface area (Å²) >= 11 is 0. The Bertz CT molecular complexity index is 675. The minimum Gasteiger partial charge on any atom is -0.354 e. The van der Waals surface area contributed by atoms with Crippen molar-refractivity contribution in [3.63, 3.8) is 0 Å². The van der Waals surface area contributed by atoms with Crippen molar-refractivity contribution in [2.45, 2.75) is 25.8 Å². The van der Waals surface area contributed by atoms with Gasteiger partial charge in [-0.25, -0.2) is 4.68 Å². The van der Waals surface area contributed by atoms with Crippen LogP contribution in [-0.2, 0) is 16.1 Å². The highest BCUT2D eigenvalue weighted by atomic mass is 16.2. The highest BCUT2D eigenvalue weighted by Crippen LogP contribution is 2.09. The molecule has 22 heavy (non-hydrogen) atoms. The van der Waals surface area contributed by atoms with Crippen molar-refractivity contribution in [2.75, 3.05) is 19.6 Å². The first-order valence-electron chi connectivity index (χ1n) is 7.57. The van der Waals surface area contributed by atoms with Gasteiger partial charge in [0.2, 0.25) is 11.8 Å². The highest BCUT2D eigenvalue weighted by Gasteiger charge is 2.17. The minimum absolute atomic E-state index is 0.110. The van der Waals surface area contributed by atoms with E-state index in [4.69, 9.17) is 0 Å². The summed E-state index contributed by atoms with van der Waals surface area (Å²) in [5.41, 5.74) is 1.59. The number of fused-ring (bicyclic) bond motifs is 1. The van der Waals surface area contributed by atoms with Gasteiger partial charge in [-0.2, -0.15) is 0 Å². The maximum absolute atomic E-state index is 11.9. The van der Waals surface area contributed by atoms with Crippen LogP contribution in [0.15, 0.2) is 24.3 Å². The molecule has 1 fully saturated rings. The number of carbonyl (C=O) groups excluding carboxylic acids is 2. The van der Waals surface area contributed by atoms with Crippen LogP contribution in [-0.4, -0.2) is 51.3 Å². The van der Waals surface area contributed by atoms with E-state index in [1.165, 1.54) is 0 Å². The lowest BCUT2D eigenvalue weighted by Gasteiger charge is -2.15. The molecule has 0 radical (unpaired) electrons. The fraction of sp³-hybridized carbons (Fsp3) is 0.467. The smallest absolute Gasteiger partial charge is 0.241 e. The van der Waals surface area contributed by atoms with Crippen LogP contribution in [0.1, 0.15) is 19.3 Å². The van der Waals surface area contributed by atoms with Gasteiger partial charge in [0.15, 0.2) is 0 Å². The van der Waals surface area contributed by atoms with E-state index in [0.717, 1.165) is 37.0 Å². The molecule has 1 aliphatic heterocycles. The molecule has 2 amide bonds. The Balaban J connectivity index is 1.47. The van der Waals surface area contributed by atoms with Crippen LogP contribution in [0.5, 0.6) is 0 Å². The Labute approximate surface area is 128 Å². The second-order valence-electron chi connectivity index (χ2n) is 5.42. The molecular formula is C15H19N5O2. The van der Waals surface area contributed by atoms with E-state index < -0.39 is 0 Å². The number of nitrogens with one attached hydrogen (secondary N) is 1. The first-order chi connectivity index (χ1) is 10.7. The molecule has 7 nitrogen and oxygen atoms in total. The predicted octanol–water partition coefficient (Wildman–Crippen LogP) is 0.560. The van der Waals surface area contributed by atoms with E-state index in [1.54, 1.807) is 4.68 Å². The lowest BCUT2D eigenvalue weighted by Crippen LogP contribution is -2.34. The van der Waals surface area contributed by atoms with E-state index in [0.29, 0.717) is 13.0 Å². The zero-order valence-corrected chi connectivity index (χ0v) is 12.4. The lowest BCUT2D eigenvalue weighted by molar-refractivity contribution is -0.130. The Hall–Kier alpha value is -2.44. The molecule has 1 aromatic heterocycles. The molecule has 1 N–H and O–H groups in total. The molecular weight excluding hydrogens is 282 g/mol. The average Bonchev–Trinajstić information content (AvgIpc) is 3.17. The number of aromatic nitrogens is 3. The first kappa shape index (κ1) is 14.5. The van der Waals surface area contributed by atoms with Gasteiger partial charge in [-0.1, -0.05) is 17.3 Å². The largest absolute Gasteiger partial charge is 0.354 e. The van der Waals surface area contributed by atoms with Gasteiger partial charge in [0.25, 0.3) is 0 Å². The van der Waals surface area contributed by atoms with E-state index >= 15 is 0 Å². The van der Waals surface area contributed by atoms with Crippen molar-refractivity contribution in [2.24, 2.45) is 0 Å². The zero-order chi connectivity index (χ0) is 15.4. The number of nitrogens with zero attached hydrogens (tertiary/aromatic N) is 4. The normalized spacial score (nSPS) is 14.5. The van der Waals surface area contributed by atoms with Crippen molar-refractivity contribution < 1.29 is 9.59 Å². The van der Waals surface area contributed by atoms with Gasteiger partial charge in [0, 0.05) is 26.1 Å². The van der Waals surface area contributed by atoms with E-state index in [2.05, 4.69) is 15.6 Å². The van der Waals surface area contributed by atoms with Crippen molar-refractivity contribution in [3.05, 3.63) is 24.3 Å². The molecule has 7 heteroatoms. The summed E-state index contributed by atoms with van der Waals surface area (Å²) in [6.45, 7) is 2.16. The molecule has 0 atom stereocenters. The third-order valence-corrected chi connectivity index (χ3v) is 3.83. The van der Waals surface area contributed by atoms with Gasteiger partial charge < -0.3 is 10.2 Å². The van der Waals surface area contributed by atoms with Crippen molar-refractivity contribution in [3.8, 4) is 0 Å². The van der Waals surface area contributed by atoms with Gasteiger partial charge in [0.1, 0.15) is 12.1 Å². The number of para-hydroxylation sites is 1. The molecule has 1 aliphatic rings. The molecule has 0 unspecified atom stereocenters. The number of hydrogen-bond acceptors (Lipinski definition) is 4. The maximum atomic E-state index is 11.9. The van der Waals surface area contributed by atoms with Crippen LogP contribution in [0.4, 0.5) is 0 Å². The number of benzene rings is 1. The van der Waals surface area contributed by atoms with E-state index in [-0.39, 0.29) is 18.4 Å². The second-order valence-corrected chi connectivity index (χ2v) is 5.42. The zero-order valence-electron chi connectivity index (χ0n) is 12.4. The lowest BCUT2D eigenvalue weighted by atomic mass is 10.3. The van der Waals surface area contributed by atoms with E-state index in [1.807, 2.05) is 29.2 Å². The molecule has 2 heterocycles. The van der Waals surface area contributed by atoms with Crippen LogP contribution in [0.3, 0.4) is 0 Å². The van der Waals surface area contributed by atoms with Gasteiger partial charge in [-0.15, -0.1) is 5.10 Å². The SMILES string of the molecule is O=C(Cn1nnc2ccccc21)NCCC(=O)N1CCCC1. The van der Waals surface area contributed by atoms with Gasteiger partial charge in [-0.05, 0) is 25.0 Å². The van der Waals surface area contributed by atoms with Crippen molar-refractivity contribution in [1.82, 2.24) is 25.2 Å². The Kier molecular flexibility index (Phi) is 4.32. The van der Waals surface area contributed by atoms with Crippen LogP contribution in [0.25, 0.3) is 11.0 Å². The van der Waals surface area contributed by atoms with Gasteiger partial charge in [-0.3, -0.25) is 9.59 Å². The Morgan fingerprint density at radius 2 is 1.95 bits per heavy atom. The number of hydrogen-bond donors (Lipinski definition) is 1. The van der Waals surface area contributed by atoms with Crippen molar-refractivity contribution >= 4 is 22.8 Å². The monoisotopic (exact) mass is 301 g/mol. The number of rotatable bonds is 5. The maximum Gasteiger partial charge on any atom is 0.241 e. The first-order valence-corrected chi connectivity index (χ1v) is 7.57. The van der Waals surface area contributed by atoms with Gasteiger partial charge >= 0.3 is 0 Å². The van der Waals surface area contributed by atoms with Crippen LogP contribution >= 0.6 is 0 Å². The molecule has 1 saturated heterocycles. The highest BCUT2D eigenvalue weighted by molar-refractivity contribution is 5.81. The fourth-order valence-corrected chi connectivity index (χ4v) is 2.66. The number of likely N-dealkylation sites (tertiary alicyclic amines) is 1. The summed E-state index contributed by atoms with van der Waals surface area (Å²) in [5, 5.41) is 10.7. The van der Waals surface area contributed by atoms with Gasteiger partial charge in [0.05, 0.1) is 5.52 Å². The second kappa shape index (κ2) is 6.55. The van der Waals surface area contributed by atoms with Crippen LogP contribution in [0.2, 0.25) is 0 Å². The molecule has 116 valence electrons. The Morgan fingerprint density at radius 1 is 1.18 bits per heavy atom. The average molecular weight is 301 g/mol. The fourth-order valence-electron chi connectivity index (χ4n) is 2.66. The molecule has 0 bridgehead atoms. The summed E-state index contributed by atoms with van der Waals surface area (Å²) in [4.78, 5) is 25.7. The summed E-state index contributed by atoms with van der Waals surface area (Å²) in [5.74, 6) is -0.0473. The summed E-state index contributed by atoms with van der Waals surface area (Å²) in [6.07, 6.45) is 2.51. The predicted molar refractivity (Wildman–Crippen MR) is 81.0 cm³/mol. The topological polar surface area (TPSA) is 80.1 Å². The third-order valence-electron chi connectivity index (χ3n) is 3.83. The standard InChI is InChI=1S/C15H19N5O2/c21-14(16-8-7-15(22)19-9-3-4-10-19)11-20-13-6-2-1-5-12(13)17-18-20/h1-2,5-6H,3-4,7-11H2,(H,16,21). The number of amides is 2. The minimum atomic E-state index is -0.162. The number of carbonyl (C=O) groups is 2. The van der Waals surface area contributed by atoms with Crippen molar-refractivity contribution in [1.29, 1.82) is 0 Å². The molecule has 0 aliphatic carbocycles.